The Kier molecular flexibility index (Phi) is 4.42. The van der Waals surface area contributed by atoms with Crippen LogP contribution in [0.5, 0.6) is 0 Å². The van der Waals surface area contributed by atoms with Crippen molar-refractivity contribution in [1.82, 2.24) is 9.55 Å². The molecule has 1 aromatic carbocycles. The van der Waals surface area contributed by atoms with E-state index in [9.17, 15) is 4.79 Å². The van der Waals surface area contributed by atoms with Gasteiger partial charge in [0.15, 0.2) is 0 Å². The van der Waals surface area contributed by atoms with E-state index in [2.05, 4.69) is 4.98 Å². The Hall–Kier alpha value is -1.43. The van der Waals surface area contributed by atoms with Crippen LogP contribution in [-0.2, 0) is 4.74 Å². The van der Waals surface area contributed by atoms with Gasteiger partial charge >= 0.3 is 0 Å². The van der Waals surface area contributed by atoms with Gasteiger partial charge in [0.2, 0.25) is 0 Å². The lowest BCUT2D eigenvalue weighted by Crippen LogP contribution is -2.32. The first-order valence-corrected chi connectivity index (χ1v) is 6.80. The Balaban J connectivity index is 2.82. The molecule has 0 bridgehead atoms. The molecule has 0 aliphatic rings. The van der Waals surface area contributed by atoms with Gasteiger partial charge in [-0.25, -0.2) is 4.98 Å². The smallest absolute Gasteiger partial charge is 0.263 e. The number of rotatable bonds is 4. The maximum Gasteiger partial charge on any atom is 0.263 e. The summed E-state index contributed by atoms with van der Waals surface area (Å²) in [5.41, 5.74) is 6.33. The molecular formula is C14H18ClN3O2. The van der Waals surface area contributed by atoms with Gasteiger partial charge in [-0.05, 0) is 26.0 Å². The summed E-state index contributed by atoms with van der Waals surface area (Å²) in [6.07, 6.45) is 0. The number of benzene rings is 1. The summed E-state index contributed by atoms with van der Waals surface area (Å²) in [6.45, 7) is 4.09. The normalized spacial score (nSPS) is 14.4. The van der Waals surface area contributed by atoms with Gasteiger partial charge in [-0.2, -0.15) is 0 Å². The molecule has 108 valence electrons. The molecule has 0 unspecified atom stereocenters. The van der Waals surface area contributed by atoms with Crippen molar-refractivity contribution >= 4 is 22.5 Å². The van der Waals surface area contributed by atoms with Crippen LogP contribution in [0.3, 0.4) is 0 Å². The number of halogens is 1. The topological polar surface area (TPSA) is 70.1 Å². The van der Waals surface area contributed by atoms with Gasteiger partial charge in [0.1, 0.15) is 5.82 Å². The van der Waals surface area contributed by atoms with E-state index in [4.69, 9.17) is 22.1 Å². The van der Waals surface area contributed by atoms with Crippen molar-refractivity contribution in [2.24, 2.45) is 5.73 Å². The predicted octanol–water partition coefficient (Wildman–Crippen LogP) is 2.28. The fraction of sp³-hybridized carbons (Fsp3) is 0.429. The van der Waals surface area contributed by atoms with Gasteiger partial charge in [0, 0.05) is 7.11 Å². The lowest BCUT2D eigenvalue weighted by atomic mass is 10.2. The summed E-state index contributed by atoms with van der Waals surface area (Å²) in [5, 5.41) is 0.816. The van der Waals surface area contributed by atoms with Crippen LogP contribution in [0.15, 0.2) is 23.0 Å². The van der Waals surface area contributed by atoms with Crippen LogP contribution in [-0.4, -0.2) is 23.3 Å². The number of nitrogens with zero attached hydrogens (tertiary/aromatic N) is 2. The van der Waals surface area contributed by atoms with Crippen molar-refractivity contribution in [3.63, 3.8) is 0 Å². The maximum atomic E-state index is 12.7. The molecule has 0 saturated carbocycles. The van der Waals surface area contributed by atoms with Gasteiger partial charge in [0.05, 0.1) is 34.6 Å². The molecule has 5 nitrogen and oxygen atoms in total. The van der Waals surface area contributed by atoms with Gasteiger partial charge in [-0.3, -0.25) is 9.36 Å². The average molecular weight is 296 g/mol. The standard InChI is InChI=1S/C14H18ClN3O2/c1-8(7-20-3)18-13(9(2)16)17-11-6-4-5-10(15)12(11)14(18)19/h4-6,8-9H,7,16H2,1-3H3/t8-,9-/m0/s1. The fourth-order valence-electron chi connectivity index (χ4n) is 2.28. The summed E-state index contributed by atoms with van der Waals surface area (Å²) in [6, 6.07) is 4.70. The summed E-state index contributed by atoms with van der Waals surface area (Å²) in [4.78, 5) is 17.2. The summed E-state index contributed by atoms with van der Waals surface area (Å²) < 4.78 is 6.70. The highest BCUT2D eigenvalue weighted by molar-refractivity contribution is 6.35. The summed E-state index contributed by atoms with van der Waals surface area (Å²) in [5.74, 6) is 0.536. The van der Waals surface area contributed by atoms with Gasteiger partial charge < -0.3 is 10.5 Å². The minimum Gasteiger partial charge on any atom is -0.383 e. The highest BCUT2D eigenvalue weighted by atomic mass is 35.5. The second-order valence-electron chi connectivity index (χ2n) is 4.87. The molecule has 2 atom stereocenters. The minimum atomic E-state index is -0.356. The molecule has 1 heterocycles. The largest absolute Gasteiger partial charge is 0.383 e. The number of aromatic nitrogens is 2. The van der Waals surface area contributed by atoms with E-state index in [0.717, 1.165) is 0 Å². The van der Waals surface area contributed by atoms with Crippen molar-refractivity contribution in [2.45, 2.75) is 25.9 Å². The average Bonchev–Trinajstić information content (AvgIpc) is 2.38. The molecule has 0 saturated heterocycles. The molecule has 6 heteroatoms. The Labute approximate surface area is 122 Å². The van der Waals surface area contributed by atoms with Crippen molar-refractivity contribution in [3.8, 4) is 0 Å². The second kappa shape index (κ2) is 5.91. The zero-order valence-corrected chi connectivity index (χ0v) is 12.5. The van der Waals surface area contributed by atoms with Crippen molar-refractivity contribution in [2.75, 3.05) is 13.7 Å². The number of ether oxygens (including phenoxy) is 1. The molecule has 2 rings (SSSR count). The van der Waals surface area contributed by atoms with Crippen molar-refractivity contribution in [3.05, 3.63) is 39.4 Å². The van der Waals surface area contributed by atoms with E-state index in [0.29, 0.717) is 28.4 Å². The van der Waals surface area contributed by atoms with Crippen LogP contribution >= 0.6 is 11.6 Å². The van der Waals surface area contributed by atoms with E-state index < -0.39 is 0 Å². The Morgan fingerprint density at radius 2 is 2.15 bits per heavy atom. The Morgan fingerprint density at radius 3 is 2.75 bits per heavy atom. The second-order valence-corrected chi connectivity index (χ2v) is 5.28. The van der Waals surface area contributed by atoms with Crippen LogP contribution in [0.4, 0.5) is 0 Å². The Bertz CT molecular complexity index is 682. The van der Waals surface area contributed by atoms with E-state index in [1.165, 1.54) is 0 Å². The molecule has 0 radical (unpaired) electrons. The fourth-order valence-corrected chi connectivity index (χ4v) is 2.53. The molecule has 0 fully saturated rings. The lowest BCUT2D eigenvalue weighted by molar-refractivity contribution is 0.158. The quantitative estimate of drug-likeness (QED) is 0.939. The molecule has 20 heavy (non-hydrogen) atoms. The van der Waals surface area contributed by atoms with Crippen molar-refractivity contribution in [1.29, 1.82) is 0 Å². The van der Waals surface area contributed by atoms with Gasteiger partial charge in [-0.15, -0.1) is 0 Å². The SMILES string of the molecule is COC[C@H](C)n1c([C@H](C)N)nc2cccc(Cl)c2c1=O. The molecule has 2 N–H and O–H groups in total. The number of fused-ring (bicyclic) bond motifs is 1. The van der Waals surface area contributed by atoms with Crippen molar-refractivity contribution < 1.29 is 4.74 Å². The number of methoxy groups -OCH3 is 1. The molecule has 0 aliphatic carbocycles. The summed E-state index contributed by atoms with van der Waals surface area (Å²) in [7, 11) is 1.59. The molecule has 0 spiro atoms. The molecule has 1 aromatic heterocycles. The third-order valence-electron chi connectivity index (χ3n) is 3.16. The summed E-state index contributed by atoms with van der Waals surface area (Å²) >= 11 is 6.13. The predicted molar refractivity (Wildman–Crippen MR) is 80.2 cm³/mol. The molecule has 0 aliphatic heterocycles. The lowest BCUT2D eigenvalue weighted by Gasteiger charge is -2.21. The number of hydrogen-bond donors (Lipinski definition) is 1. The number of nitrogens with two attached hydrogens (primary N) is 1. The maximum absolute atomic E-state index is 12.7. The van der Waals surface area contributed by atoms with Gasteiger partial charge in [0.25, 0.3) is 5.56 Å². The van der Waals surface area contributed by atoms with E-state index in [1.807, 2.05) is 6.92 Å². The molecule has 2 aromatic rings. The van der Waals surface area contributed by atoms with Crippen LogP contribution < -0.4 is 11.3 Å². The van der Waals surface area contributed by atoms with Crippen LogP contribution in [0.1, 0.15) is 31.8 Å². The van der Waals surface area contributed by atoms with Crippen LogP contribution in [0, 0.1) is 0 Å². The van der Waals surface area contributed by atoms with E-state index in [-0.39, 0.29) is 17.6 Å². The highest BCUT2D eigenvalue weighted by Gasteiger charge is 2.19. The first-order valence-electron chi connectivity index (χ1n) is 6.42. The number of hydrogen-bond acceptors (Lipinski definition) is 4. The van der Waals surface area contributed by atoms with E-state index >= 15 is 0 Å². The van der Waals surface area contributed by atoms with Crippen LogP contribution in [0.25, 0.3) is 10.9 Å². The molecular weight excluding hydrogens is 278 g/mol. The third kappa shape index (κ3) is 2.57. The highest BCUT2D eigenvalue weighted by Crippen LogP contribution is 2.21. The zero-order valence-electron chi connectivity index (χ0n) is 11.8. The Morgan fingerprint density at radius 1 is 1.45 bits per heavy atom. The minimum absolute atomic E-state index is 0.165. The molecule has 0 amide bonds. The van der Waals surface area contributed by atoms with Gasteiger partial charge in [-0.1, -0.05) is 17.7 Å². The first-order chi connectivity index (χ1) is 9.47. The zero-order chi connectivity index (χ0) is 14.9. The van der Waals surface area contributed by atoms with E-state index in [1.54, 1.807) is 36.8 Å². The third-order valence-corrected chi connectivity index (χ3v) is 3.48. The monoisotopic (exact) mass is 295 g/mol. The van der Waals surface area contributed by atoms with Crippen LogP contribution in [0.2, 0.25) is 5.02 Å². The first kappa shape index (κ1) is 15.0.